The van der Waals surface area contributed by atoms with Gasteiger partial charge in [0.2, 0.25) is 0 Å². The second-order valence-electron chi connectivity index (χ2n) is 7.90. The van der Waals surface area contributed by atoms with Gasteiger partial charge in [-0.3, -0.25) is 4.21 Å². The van der Waals surface area contributed by atoms with Crippen LogP contribution in [0.25, 0.3) is 0 Å². The van der Waals surface area contributed by atoms with Gasteiger partial charge in [-0.15, -0.1) is 0 Å². The highest BCUT2D eigenvalue weighted by Crippen LogP contribution is 2.45. The van der Waals surface area contributed by atoms with Gasteiger partial charge in [-0.05, 0) is 42.9 Å². The topological polar surface area (TPSA) is 29.1 Å². The molecular formula is C15H29NOS. The van der Waals surface area contributed by atoms with Crippen molar-refractivity contribution < 1.29 is 4.21 Å². The molecule has 0 aromatic carbocycles. The fourth-order valence-corrected chi connectivity index (χ4v) is 5.56. The standard InChI is InChI=1S/C15H29NOS/c1-14(2)9-13(10-15(3,4)11-14)16-12-5-7-18(17)8-6-12/h12-13,16H,5-11H2,1-4H3. The molecule has 1 aliphatic carbocycles. The lowest BCUT2D eigenvalue weighted by Gasteiger charge is -2.46. The van der Waals surface area contributed by atoms with E-state index in [0.717, 1.165) is 24.3 Å². The first-order valence-electron chi connectivity index (χ1n) is 7.37. The van der Waals surface area contributed by atoms with E-state index in [0.29, 0.717) is 22.9 Å². The fraction of sp³-hybridized carbons (Fsp3) is 1.00. The Labute approximate surface area is 115 Å². The van der Waals surface area contributed by atoms with Crippen molar-refractivity contribution in [2.45, 2.75) is 71.9 Å². The Kier molecular flexibility index (Phi) is 4.23. The Morgan fingerprint density at radius 2 is 1.44 bits per heavy atom. The zero-order valence-corrected chi connectivity index (χ0v) is 13.2. The van der Waals surface area contributed by atoms with Crippen LogP contribution >= 0.6 is 0 Å². The lowest BCUT2D eigenvalue weighted by molar-refractivity contribution is 0.0796. The molecule has 18 heavy (non-hydrogen) atoms. The van der Waals surface area contributed by atoms with Crippen LogP contribution in [-0.4, -0.2) is 27.8 Å². The van der Waals surface area contributed by atoms with Crippen molar-refractivity contribution in [3.63, 3.8) is 0 Å². The maximum atomic E-state index is 11.4. The zero-order valence-electron chi connectivity index (χ0n) is 12.4. The molecule has 1 N–H and O–H groups in total. The first-order chi connectivity index (χ1) is 8.26. The smallest absolute Gasteiger partial charge is 0.0249 e. The van der Waals surface area contributed by atoms with Gasteiger partial charge in [0.15, 0.2) is 0 Å². The average Bonchev–Trinajstić information content (AvgIpc) is 2.16. The van der Waals surface area contributed by atoms with Gasteiger partial charge in [0.1, 0.15) is 0 Å². The van der Waals surface area contributed by atoms with Crippen LogP contribution in [-0.2, 0) is 10.8 Å². The predicted molar refractivity (Wildman–Crippen MR) is 79.2 cm³/mol. The van der Waals surface area contributed by atoms with Crippen molar-refractivity contribution in [1.29, 1.82) is 0 Å². The number of rotatable bonds is 2. The van der Waals surface area contributed by atoms with Crippen LogP contribution in [0.15, 0.2) is 0 Å². The Bertz CT molecular complexity index is 298. The summed E-state index contributed by atoms with van der Waals surface area (Å²) in [6.07, 6.45) is 6.10. The molecule has 0 radical (unpaired) electrons. The molecule has 0 aromatic rings. The van der Waals surface area contributed by atoms with E-state index in [2.05, 4.69) is 33.0 Å². The fourth-order valence-electron chi connectivity index (χ4n) is 4.26. The minimum absolute atomic E-state index is 0.455. The summed E-state index contributed by atoms with van der Waals surface area (Å²) in [5.74, 6) is 1.80. The van der Waals surface area contributed by atoms with E-state index >= 15 is 0 Å². The molecule has 0 spiro atoms. The summed E-state index contributed by atoms with van der Waals surface area (Å²) in [6, 6.07) is 1.26. The van der Waals surface area contributed by atoms with Gasteiger partial charge in [-0.2, -0.15) is 0 Å². The lowest BCUT2D eigenvalue weighted by Crippen LogP contribution is -2.49. The van der Waals surface area contributed by atoms with E-state index in [1.165, 1.54) is 19.3 Å². The summed E-state index contributed by atoms with van der Waals surface area (Å²) in [4.78, 5) is 0. The second-order valence-corrected chi connectivity index (χ2v) is 9.60. The van der Waals surface area contributed by atoms with Crippen LogP contribution in [0.4, 0.5) is 0 Å². The molecule has 1 saturated carbocycles. The molecule has 2 nitrogen and oxygen atoms in total. The van der Waals surface area contributed by atoms with Crippen molar-refractivity contribution in [2.24, 2.45) is 10.8 Å². The van der Waals surface area contributed by atoms with Gasteiger partial charge in [0.05, 0.1) is 0 Å². The third-order valence-electron chi connectivity index (χ3n) is 4.41. The molecular weight excluding hydrogens is 242 g/mol. The Morgan fingerprint density at radius 3 is 1.94 bits per heavy atom. The maximum absolute atomic E-state index is 11.4. The van der Waals surface area contributed by atoms with E-state index in [4.69, 9.17) is 0 Å². The van der Waals surface area contributed by atoms with Gasteiger partial charge in [-0.1, -0.05) is 27.7 Å². The summed E-state index contributed by atoms with van der Waals surface area (Å²) in [5.41, 5.74) is 0.911. The molecule has 2 rings (SSSR count). The molecule has 106 valence electrons. The van der Waals surface area contributed by atoms with Crippen molar-refractivity contribution >= 4 is 10.8 Å². The summed E-state index contributed by atoms with van der Waals surface area (Å²) >= 11 is 0. The highest BCUT2D eigenvalue weighted by Gasteiger charge is 2.39. The molecule has 0 aromatic heterocycles. The third-order valence-corrected chi connectivity index (χ3v) is 5.80. The highest BCUT2D eigenvalue weighted by atomic mass is 32.2. The van der Waals surface area contributed by atoms with Crippen LogP contribution in [0.1, 0.15) is 59.8 Å². The maximum Gasteiger partial charge on any atom is 0.0249 e. The van der Waals surface area contributed by atoms with Crippen LogP contribution in [0.5, 0.6) is 0 Å². The normalized spacial score (nSPS) is 36.4. The monoisotopic (exact) mass is 271 g/mol. The Hall–Kier alpha value is 0.110. The van der Waals surface area contributed by atoms with Gasteiger partial charge in [0, 0.05) is 34.4 Å². The van der Waals surface area contributed by atoms with E-state index in [1.807, 2.05) is 0 Å². The van der Waals surface area contributed by atoms with Gasteiger partial charge < -0.3 is 5.32 Å². The first kappa shape index (κ1) is 14.5. The zero-order chi connectivity index (χ0) is 13.4. The summed E-state index contributed by atoms with van der Waals surface area (Å²) < 4.78 is 11.4. The minimum Gasteiger partial charge on any atom is -0.311 e. The van der Waals surface area contributed by atoms with Crippen molar-refractivity contribution in [1.82, 2.24) is 5.32 Å². The minimum atomic E-state index is -0.538. The number of hydrogen-bond acceptors (Lipinski definition) is 2. The molecule has 0 bridgehead atoms. The number of nitrogens with one attached hydrogen (secondary N) is 1. The van der Waals surface area contributed by atoms with Crippen LogP contribution in [0, 0.1) is 10.8 Å². The molecule has 3 heteroatoms. The van der Waals surface area contributed by atoms with Crippen LogP contribution in [0.2, 0.25) is 0 Å². The first-order valence-corrected chi connectivity index (χ1v) is 8.86. The largest absolute Gasteiger partial charge is 0.311 e. The Balaban J connectivity index is 1.90. The van der Waals surface area contributed by atoms with Crippen molar-refractivity contribution in [3.05, 3.63) is 0 Å². The summed E-state index contributed by atoms with van der Waals surface area (Å²) in [5, 5.41) is 3.86. The number of hydrogen-bond donors (Lipinski definition) is 1. The summed E-state index contributed by atoms with van der Waals surface area (Å²) in [7, 11) is -0.538. The molecule has 1 heterocycles. The lowest BCUT2D eigenvalue weighted by atomic mass is 9.63. The molecule has 1 aliphatic heterocycles. The van der Waals surface area contributed by atoms with E-state index in [9.17, 15) is 4.21 Å². The van der Waals surface area contributed by atoms with Gasteiger partial charge in [-0.25, -0.2) is 0 Å². The SMILES string of the molecule is CC1(C)CC(NC2CCS(=O)CC2)CC(C)(C)C1. The molecule has 2 fully saturated rings. The molecule has 0 atom stereocenters. The van der Waals surface area contributed by atoms with Gasteiger partial charge >= 0.3 is 0 Å². The molecule has 1 saturated heterocycles. The highest BCUT2D eigenvalue weighted by molar-refractivity contribution is 7.85. The third kappa shape index (κ3) is 4.06. The van der Waals surface area contributed by atoms with Gasteiger partial charge in [0.25, 0.3) is 0 Å². The average molecular weight is 271 g/mol. The Morgan fingerprint density at radius 1 is 0.944 bits per heavy atom. The van der Waals surface area contributed by atoms with E-state index in [1.54, 1.807) is 0 Å². The van der Waals surface area contributed by atoms with Crippen molar-refractivity contribution in [2.75, 3.05) is 11.5 Å². The predicted octanol–water partition coefficient (Wildman–Crippen LogP) is 3.09. The quantitative estimate of drug-likeness (QED) is 0.836. The summed E-state index contributed by atoms with van der Waals surface area (Å²) in [6.45, 7) is 9.61. The van der Waals surface area contributed by atoms with E-state index < -0.39 is 10.8 Å². The second kappa shape index (κ2) is 5.24. The van der Waals surface area contributed by atoms with Crippen LogP contribution < -0.4 is 5.32 Å². The van der Waals surface area contributed by atoms with E-state index in [-0.39, 0.29) is 0 Å². The van der Waals surface area contributed by atoms with Crippen molar-refractivity contribution in [3.8, 4) is 0 Å². The molecule has 0 unspecified atom stereocenters. The molecule has 0 amide bonds. The van der Waals surface area contributed by atoms with Crippen LogP contribution in [0.3, 0.4) is 0 Å². The molecule has 2 aliphatic rings.